The van der Waals surface area contributed by atoms with Gasteiger partial charge >= 0.3 is 0 Å². The molecule has 6 nitrogen and oxygen atoms in total. The molecule has 0 radical (unpaired) electrons. The molecule has 0 atom stereocenters. The summed E-state index contributed by atoms with van der Waals surface area (Å²) >= 11 is 6.23. The largest absolute Gasteiger partial charge is 0.484 e. The van der Waals surface area contributed by atoms with Crippen molar-refractivity contribution in [2.75, 3.05) is 27.2 Å². The number of primary amides is 1. The van der Waals surface area contributed by atoms with Crippen molar-refractivity contribution in [2.24, 2.45) is 10.7 Å². The van der Waals surface area contributed by atoms with E-state index in [4.69, 9.17) is 22.1 Å². The standard InChI is InChI=1S/C20H25ClN4O2/c1-23-20(25(2)13-16-5-3-4-6-18(16)21)24-12-11-15-7-9-17(10-8-15)27-14-19(22)26/h3-10H,11-14H2,1-2H3,(H2,22,26)(H,23,24). The van der Waals surface area contributed by atoms with Crippen LogP contribution >= 0.6 is 11.6 Å². The van der Waals surface area contributed by atoms with Gasteiger partial charge in [-0.3, -0.25) is 9.79 Å². The first kappa shape index (κ1) is 20.6. The third-order valence-electron chi connectivity index (χ3n) is 3.94. The van der Waals surface area contributed by atoms with E-state index >= 15 is 0 Å². The van der Waals surface area contributed by atoms with E-state index in [9.17, 15) is 4.79 Å². The maximum atomic E-state index is 10.7. The molecule has 2 aromatic carbocycles. The molecule has 0 aliphatic carbocycles. The Morgan fingerprint density at radius 1 is 1.22 bits per heavy atom. The lowest BCUT2D eigenvalue weighted by Crippen LogP contribution is -2.39. The van der Waals surface area contributed by atoms with Gasteiger partial charge in [0.2, 0.25) is 0 Å². The molecule has 0 fully saturated rings. The smallest absolute Gasteiger partial charge is 0.255 e. The second kappa shape index (κ2) is 10.4. The summed E-state index contributed by atoms with van der Waals surface area (Å²) in [7, 11) is 3.74. The summed E-state index contributed by atoms with van der Waals surface area (Å²) in [5.41, 5.74) is 7.27. The van der Waals surface area contributed by atoms with E-state index in [-0.39, 0.29) is 6.61 Å². The lowest BCUT2D eigenvalue weighted by Gasteiger charge is -2.22. The first-order chi connectivity index (χ1) is 13.0. The lowest BCUT2D eigenvalue weighted by molar-refractivity contribution is -0.119. The van der Waals surface area contributed by atoms with Crippen molar-refractivity contribution < 1.29 is 9.53 Å². The number of hydrogen-bond donors (Lipinski definition) is 2. The van der Waals surface area contributed by atoms with Gasteiger partial charge in [-0.25, -0.2) is 0 Å². The van der Waals surface area contributed by atoms with Crippen molar-refractivity contribution in [3.05, 3.63) is 64.7 Å². The molecule has 0 aromatic heterocycles. The van der Waals surface area contributed by atoms with Gasteiger partial charge < -0.3 is 20.7 Å². The second-order valence-electron chi connectivity index (χ2n) is 6.07. The molecule has 144 valence electrons. The topological polar surface area (TPSA) is 80.0 Å². The maximum Gasteiger partial charge on any atom is 0.255 e. The van der Waals surface area contributed by atoms with E-state index in [1.165, 1.54) is 0 Å². The minimum absolute atomic E-state index is 0.116. The van der Waals surface area contributed by atoms with Gasteiger partial charge in [0.1, 0.15) is 5.75 Å². The van der Waals surface area contributed by atoms with Crippen molar-refractivity contribution in [3.63, 3.8) is 0 Å². The van der Waals surface area contributed by atoms with Crippen LogP contribution in [0.5, 0.6) is 5.75 Å². The van der Waals surface area contributed by atoms with Gasteiger partial charge in [0.15, 0.2) is 12.6 Å². The van der Waals surface area contributed by atoms with Crippen LogP contribution in [-0.4, -0.2) is 44.0 Å². The Morgan fingerprint density at radius 2 is 1.93 bits per heavy atom. The Balaban J connectivity index is 1.82. The fraction of sp³-hybridized carbons (Fsp3) is 0.300. The molecule has 0 aliphatic heterocycles. The number of hydrogen-bond acceptors (Lipinski definition) is 3. The third kappa shape index (κ3) is 6.83. The fourth-order valence-electron chi connectivity index (χ4n) is 2.57. The molecular formula is C20H25ClN4O2. The molecule has 27 heavy (non-hydrogen) atoms. The Labute approximate surface area is 165 Å². The number of ether oxygens (including phenoxy) is 1. The van der Waals surface area contributed by atoms with E-state index < -0.39 is 5.91 Å². The SMILES string of the molecule is CN=C(NCCc1ccc(OCC(N)=O)cc1)N(C)Cc1ccccc1Cl. The molecule has 0 bridgehead atoms. The molecule has 0 unspecified atom stereocenters. The summed E-state index contributed by atoms with van der Waals surface area (Å²) in [5, 5.41) is 4.10. The van der Waals surface area contributed by atoms with Gasteiger partial charge in [-0.15, -0.1) is 0 Å². The Hall–Kier alpha value is -2.73. The van der Waals surface area contributed by atoms with Crippen molar-refractivity contribution in [2.45, 2.75) is 13.0 Å². The Morgan fingerprint density at radius 3 is 2.56 bits per heavy atom. The number of amides is 1. The fourth-order valence-corrected chi connectivity index (χ4v) is 2.76. The van der Waals surface area contributed by atoms with Gasteiger partial charge in [0.25, 0.3) is 5.91 Å². The molecule has 1 amide bonds. The average molecular weight is 389 g/mol. The monoisotopic (exact) mass is 388 g/mol. The molecule has 0 spiro atoms. The van der Waals surface area contributed by atoms with Crippen molar-refractivity contribution in [3.8, 4) is 5.75 Å². The summed E-state index contributed by atoms with van der Waals surface area (Å²) in [4.78, 5) is 17.1. The Bertz CT molecular complexity index is 778. The number of nitrogens with one attached hydrogen (secondary N) is 1. The molecule has 0 heterocycles. The molecule has 0 saturated carbocycles. The van der Waals surface area contributed by atoms with Crippen LogP contribution in [0.25, 0.3) is 0 Å². The molecule has 3 N–H and O–H groups in total. The molecule has 2 rings (SSSR count). The zero-order valence-electron chi connectivity index (χ0n) is 15.6. The third-order valence-corrected chi connectivity index (χ3v) is 4.31. The first-order valence-corrected chi connectivity index (χ1v) is 9.02. The number of guanidine groups is 1. The zero-order chi connectivity index (χ0) is 19.6. The highest BCUT2D eigenvalue weighted by molar-refractivity contribution is 6.31. The van der Waals surface area contributed by atoms with Crippen LogP contribution in [0.15, 0.2) is 53.5 Å². The van der Waals surface area contributed by atoms with Gasteiger partial charge in [0, 0.05) is 32.2 Å². The normalized spacial score (nSPS) is 11.1. The van der Waals surface area contributed by atoms with E-state index in [2.05, 4.69) is 10.3 Å². The summed E-state index contributed by atoms with van der Waals surface area (Å²) < 4.78 is 5.25. The van der Waals surface area contributed by atoms with Crippen LogP contribution in [0.4, 0.5) is 0 Å². The number of rotatable bonds is 8. The van der Waals surface area contributed by atoms with Gasteiger partial charge in [-0.05, 0) is 35.7 Å². The minimum atomic E-state index is -0.490. The quantitative estimate of drug-likeness (QED) is 0.537. The van der Waals surface area contributed by atoms with E-state index in [0.717, 1.165) is 35.1 Å². The summed E-state index contributed by atoms with van der Waals surface area (Å²) in [6, 6.07) is 15.4. The van der Waals surface area contributed by atoms with E-state index in [1.807, 2.05) is 60.5 Å². The van der Waals surface area contributed by atoms with Crippen molar-refractivity contribution in [1.29, 1.82) is 0 Å². The Kier molecular flexibility index (Phi) is 7.95. The van der Waals surface area contributed by atoms with Gasteiger partial charge in [0.05, 0.1) is 0 Å². The van der Waals surface area contributed by atoms with Crippen LogP contribution < -0.4 is 15.8 Å². The minimum Gasteiger partial charge on any atom is -0.484 e. The number of carbonyl (C=O) groups is 1. The number of nitrogens with zero attached hydrogens (tertiary/aromatic N) is 2. The van der Waals surface area contributed by atoms with Crippen molar-refractivity contribution >= 4 is 23.5 Å². The van der Waals surface area contributed by atoms with Crippen LogP contribution in [-0.2, 0) is 17.8 Å². The summed E-state index contributed by atoms with van der Waals surface area (Å²) in [6.07, 6.45) is 0.828. The number of nitrogens with two attached hydrogens (primary N) is 1. The van der Waals surface area contributed by atoms with Gasteiger partial charge in [-0.2, -0.15) is 0 Å². The average Bonchev–Trinajstić information content (AvgIpc) is 2.66. The van der Waals surface area contributed by atoms with Crippen molar-refractivity contribution in [1.82, 2.24) is 10.2 Å². The summed E-state index contributed by atoms with van der Waals surface area (Å²) in [5.74, 6) is 0.938. The van der Waals surface area contributed by atoms with Crippen LogP contribution in [0.3, 0.4) is 0 Å². The molecule has 0 aliphatic rings. The molecule has 2 aromatic rings. The van der Waals surface area contributed by atoms with Crippen LogP contribution in [0.1, 0.15) is 11.1 Å². The van der Waals surface area contributed by atoms with E-state index in [0.29, 0.717) is 12.3 Å². The zero-order valence-corrected chi connectivity index (χ0v) is 16.4. The number of aliphatic imine (C=N–C) groups is 1. The second-order valence-corrected chi connectivity index (χ2v) is 6.48. The predicted molar refractivity (Wildman–Crippen MR) is 109 cm³/mol. The summed E-state index contributed by atoms with van der Waals surface area (Å²) in [6.45, 7) is 1.29. The molecule has 7 heteroatoms. The van der Waals surface area contributed by atoms with Gasteiger partial charge in [-0.1, -0.05) is 41.9 Å². The number of benzene rings is 2. The predicted octanol–water partition coefficient (Wildman–Crippen LogP) is 2.45. The first-order valence-electron chi connectivity index (χ1n) is 8.65. The number of carbonyl (C=O) groups excluding carboxylic acids is 1. The number of halogens is 1. The van der Waals surface area contributed by atoms with Crippen LogP contribution in [0.2, 0.25) is 5.02 Å². The molecule has 0 saturated heterocycles. The lowest BCUT2D eigenvalue weighted by atomic mass is 10.1. The highest BCUT2D eigenvalue weighted by Crippen LogP contribution is 2.16. The van der Waals surface area contributed by atoms with Crippen LogP contribution in [0, 0.1) is 0 Å². The highest BCUT2D eigenvalue weighted by Gasteiger charge is 2.08. The van der Waals surface area contributed by atoms with E-state index in [1.54, 1.807) is 7.05 Å². The maximum absolute atomic E-state index is 10.7. The molecular weight excluding hydrogens is 364 g/mol. The highest BCUT2D eigenvalue weighted by atomic mass is 35.5.